The fourth-order valence-electron chi connectivity index (χ4n) is 5.68. The predicted molar refractivity (Wildman–Crippen MR) is 168 cm³/mol. The Morgan fingerprint density at radius 3 is 2.45 bits per heavy atom. The van der Waals surface area contributed by atoms with E-state index in [-0.39, 0.29) is 48.5 Å². The number of benzene rings is 3. The van der Waals surface area contributed by atoms with Crippen molar-refractivity contribution >= 4 is 29.2 Å². The van der Waals surface area contributed by atoms with Gasteiger partial charge in [0.25, 0.3) is 5.91 Å². The lowest BCUT2D eigenvalue weighted by Gasteiger charge is -2.27. The normalized spacial score (nSPS) is 16.9. The lowest BCUT2D eigenvalue weighted by atomic mass is 9.90. The number of rotatable bonds is 8. The highest BCUT2D eigenvalue weighted by Crippen LogP contribution is 2.37. The Balaban J connectivity index is 1.40. The first-order valence-corrected chi connectivity index (χ1v) is 14.5. The summed E-state index contributed by atoms with van der Waals surface area (Å²) in [6, 6.07) is 14.7. The average molecular weight is 601 g/mol. The number of urea groups is 1. The molecule has 1 atom stereocenters. The van der Waals surface area contributed by atoms with E-state index in [0.717, 1.165) is 32.8 Å². The molecule has 3 N–H and O–H groups in total. The molecule has 1 saturated heterocycles. The van der Waals surface area contributed by atoms with Gasteiger partial charge in [0.1, 0.15) is 17.3 Å². The molecule has 230 valence electrons. The number of hydrogen-bond acceptors (Lipinski definition) is 6. The maximum Gasteiger partial charge on any atom is 0.340 e. The van der Waals surface area contributed by atoms with Gasteiger partial charge in [0, 0.05) is 50.9 Å². The molecule has 0 radical (unpaired) electrons. The van der Waals surface area contributed by atoms with E-state index in [1.807, 2.05) is 56.3 Å². The van der Waals surface area contributed by atoms with E-state index in [9.17, 15) is 14.4 Å². The molecule has 5 rings (SSSR count). The van der Waals surface area contributed by atoms with Crippen LogP contribution in [0.5, 0.6) is 5.75 Å². The Kier molecular flexibility index (Phi) is 8.96. The average Bonchev–Trinajstić information content (AvgIpc) is 3.00. The van der Waals surface area contributed by atoms with Crippen LogP contribution in [0.1, 0.15) is 29.5 Å². The molecule has 11 heteroatoms. The van der Waals surface area contributed by atoms with Crippen molar-refractivity contribution in [2.75, 3.05) is 39.6 Å². The molecule has 0 aromatic heterocycles. The summed E-state index contributed by atoms with van der Waals surface area (Å²) in [7, 11) is 4.66. The molecule has 10 nitrogen and oxygen atoms in total. The molecule has 3 aromatic rings. The van der Waals surface area contributed by atoms with E-state index in [4.69, 9.17) is 4.74 Å². The van der Waals surface area contributed by atoms with E-state index < -0.39 is 0 Å². The molecule has 2 aliphatic heterocycles. The molecule has 44 heavy (non-hydrogen) atoms. The van der Waals surface area contributed by atoms with Crippen LogP contribution in [0, 0.1) is 19.7 Å². The molecule has 2 aliphatic rings. The molecule has 4 amide bonds. The Labute approximate surface area is 256 Å². The van der Waals surface area contributed by atoms with Crippen LogP contribution in [0.3, 0.4) is 0 Å². The first-order valence-electron chi connectivity index (χ1n) is 14.5. The van der Waals surface area contributed by atoms with Crippen molar-refractivity contribution in [1.29, 1.82) is 0 Å². The highest BCUT2D eigenvalue weighted by Gasteiger charge is 2.27. The number of amides is 4. The summed E-state index contributed by atoms with van der Waals surface area (Å²) in [4.78, 5) is 38.0. The summed E-state index contributed by atoms with van der Waals surface area (Å²) >= 11 is 0. The van der Waals surface area contributed by atoms with Gasteiger partial charge in [-0.25, -0.2) is 14.2 Å². The van der Waals surface area contributed by atoms with Crippen LogP contribution in [-0.2, 0) is 16.1 Å². The number of ether oxygens (including phenoxy) is 1. The van der Waals surface area contributed by atoms with Crippen molar-refractivity contribution in [3.05, 3.63) is 71.0 Å². The Bertz CT molecular complexity index is 1650. The third-order valence-electron chi connectivity index (χ3n) is 8.25. The number of nitrogens with zero attached hydrogens (tertiary/aromatic N) is 3. The maximum atomic E-state index is 15.6. The maximum absolute atomic E-state index is 15.6. The van der Waals surface area contributed by atoms with Crippen molar-refractivity contribution in [2.24, 2.45) is 5.10 Å². The molecule has 0 unspecified atom stereocenters. The SMILES string of the molecule is COc1cc(-c2cccc(-c3cccc(NC(=O)C4=NN(C)C(=O)N(C)C4)c3C)c2C)cc(F)c1CN[C@H]1CCC(=O)NC1. The zero-order valence-electron chi connectivity index (χ0n) is 25.6. The number of piperidine rings is 1. The van der Waals surface area contributed by atoms with Gasteiger partial charge < -0.3 is 25.6 Å². The summed E-state index contributed by atoms with van der Waals surface area (Å²) in [5, 5.41) is 14.4. The highest BCUT2D eigenvalue weighted by molar-refractivity contribution is 6.44. The van der Waals surface area contributed by atoms with Crippen molar-refractivity contribution < 1.29 is 23.5 Å². The summed E-state index contributed by atoms with van der Waals surface area (Å²) in [5.41, 5.74) is 6.52. The fraction of sp³-hybridized carbons (Fsp3) is 0.333. The van der Waals surface area contributed by atoms with Crippen LogP contribution in [0.4, 0.5) is 14.9 Å². The highest BCUT2D eigenvalue weighted by atomic mass is 19.1. The van der Waals surface area contributed by atoms with Crippen molar-refractivity contribution in [2.45, 2.75) is 39.3 Å². The van der Waals surface area contributed by atoms with E-state index >= 15 is 4.39 Å². The number of carbonyl (C=O) groups is 3. The number of anilines is 1. The second kappa shape index (κ2) is 12.8. The standard InChI is InChI=1S/C33H37FN6O4/c1-19-23(21-14-27(34)26(30(15-21)44-5)17-35-22-12-13-31(41)36-16-22)8-6-9-24(19)25-10-7-11-28(20(25)2)37-32(42)29-18-39(3)33(43)40(4)38-29/h6-11,14-15,22,35H,12-13,16-18H2,1-5H3,(H,36,41)(H,37,42)/t22-/m0/s1. The molecule has 1 fully saturated rings. The summed E-state index contributed by atoms with van der Waals surface area (Å²) < 4.78 is 21.2. The van der Waals surface area contributed by atoms with E-state index in [0.29, 0.717) is 42.0 Å². The van der Waals surface area contributed by atoms with Crippen LogP contribution < -0.4 is 20.7 Å². The van der Waals surface area contributed by atoms with Gasteiger partial charge in [-0.2, -0.15) is 5.10 Å². The number of halogens is 1. The van der Waals surface area contributed by atoms with Gasteiger partial charge in [0.15, 0.2) is 0 Å². The van der Waals surface area contributed by atoms with Crippen molar-refractivity contribution in [3.63, 3.8) is 0 Å². The van der Waals surface area contributed by atoms with Crippen LogP contribution >= 0.6 is 0 Å². The third kappa shape index (κ3) is 6.28. The first-order chi connectivity index (χ1) is 21.1. The van der Waals surface area contributed by atoms with E-state index in [1.165, 1.54) is 25.1 Å². The van der Waals surface area contributed by atoms with Gasteiger partial charge in [0.2, 0.25) is 5.91 Å². The second-order valence-electron chi connectivity index (χ2n) is 11.2. The van der Waals surface area contributed by atoms with Gasteiger partial charge in [-0.1, -0.05) is 30.3 Å². The molecular formula is C33H37FN6O4. The topological polar surface area (TPSA) is 115 Å². The number of hydrazone groups is 1. The van der Waals surface area contributed by atoms with E-state index in [1.54, 1.807) is 7.05 Å². The lowest BCUT2D eigenvalue weighted by molar-refractivity contribution is -0.122. The van der Waals surface area contributed by atoms with Gasteiger partial charge in [-0.15, -0.1) is 0 Å². The lowest BCUT2D eigenvalue weighted by Crippen LogP contribution is -2.47. The summed E-state index contributed by atoms with van der Waals surface area (Å²) in [5.74, 6) is -0.274. The third-order valence-corrected chi connectivity index (χ3v) is 8.25. The largest absolute Gasteiger partial charge is 0.496 e. The molecule has 0 bridgehead atoms. The van der Waals surface area contributed by atoms with Crippen molar-refractivity contribution in [1.82, 2.24) is 20.5 Å². The second-order valence-corrected chi connectivity index (χ2v) is 11.2. The molecular weight excluding hydrogens is 563 g/mol. The monoisotopic (exact) mass is 600 g/mol. The Morgan fingerprint density at radius 1 is 1.07 bits per heavy atom. The van der Waals surface area contributed by atoms with Crippen LogP contribution in [0.2, 0.25) is 0 Å². The van der Waals surface area contributed by atoms with Gasteiger partial charge in [-0.3, -0.25) is 9.59 Å². The zero-order chi connectivity index (χ0) is 31.5. The summed E-state index contributed by atoms with van der Waals surface area (Å²) in [6.07, 6.45) is 1.15. The Hall–Kier alpha value is -4.77. The number of hydrogen-bond donors (Lipinski definition) is 3. The van der Waals surface area contributed by atoms with Crippen LogP contribution in [-0.4, -0.2) is 73.8 Å². The fourth-order valence-corrected chi connectivity index (χ4v) is 5.68. The molecule has 0 spiro atoms. The quantitative estimate of drug-likeness (QED) is 0.354. The van der Waals surface area contributed by atoms with Gasteiger partial charge in [-0.05, 0) is 71.8 Å². The van der Waals surface area contributed by atoms with Crippen LogP contribution in [0.15, 0.2) is 53.6 Å². The molecule has 3 aromatic carbocycles. The minimum Gasteiger partial charge on any atom is -0.496 e. The first kappa shape index (κ1) is 30.7. The van der Waals surface area contributed by atoms with E-state index in [2.05, 4.69) is 21.1 Å². The van der Waals surface area contributed by atoms with Crippen LogP contribution in [0.25, 0.3) is 22.3 Å². The minimum absolute atomic E-state index is 0.0367. The number of methoxy groups -OCH3 is 1. The number of carbonyl (C=O) groups excluding carboxylic acids is 3. The predicted octanol–water partition coefficient (Wildman–Crippen LogP) is 4.45. The molecule has 2 heterocycles. The van der Waals surface area contributed by atoms with Crippen molar-refractivity contribution in [3.8, 4) is 28.0 Å². The minimum atomic E-state index is -0.382. The smallest absolute Gasteiger partial charge is 0.340 e. The Morgan fingerprint density at radius 2 is 1.77 bits per heavy atom. The number of nitrogens with one attached hydrogen (secondary N) is 3. The van der Waals surface area contributed by atoms with Gasteiger partial charge >= 0.3 is 6.03 Å². The molecule has 0 aliphatic carbocycles. The summed E-state index contributed by atoms with van der Waals surface area (Å²) in [6.45, 7) is 4.84. The molecule has 0 saturated carbocycles. The zero-order valence-corrected chi connectivity index (χ0v) is 25.6. The van der Waals surface area contributed by atoms with Gasteiger partial charge in [0.05, 0.1) is 13.7 Å².